The molecule has 17 heavy (non-hydrogen) atoms. The molecule has 2 fully saturated rings. The molecule has 0 aromatic rings. The van der Waals surface area contributed by atoms with Crippen molar-refractivity contribution in [3.63, 3.8) is 0 Å². The maximum atomic E-state index is 11.9. The number of hydrogen-bond donors (Lipinski definition) is 1. The van der Waals surface area contributed by atoms with E-state index in [9.17, 15) is 4.79 Å². The second-order valence-corrected chi connectivity index (χ2v) is 5.50. The van der Waals surface area contributed by atoms with Gasteiger partial charge in [0.2, 0.25) is 5.91 Å². The average molecular weight is 240 g/mol. The molecule has 0 unspecified atom stereocenters. The van der Waals surface area contributed by atoms with E-state index in [2.05, 4.69) is 6.92 Å². The number of ether oxygens (including phenoxy) is 1. The number of carbonyl (C=O) groups is 1. The van der Waals surface area contributed by atoms with E-state index in [-0.39, 0.29) is 24.7 Å². The molecular formula is C13H24N2O2. The van der Waals surface area contributed by atoms with E-state index in [1.807, 2.05) is 4.90 Å². The predicted molar refractivity (Wildman–Crippen MR) is 66.5 cm³/mol. The standard InChI is InChI=1S/C13H24N2O2/c1-10-4-2-3-5-12(10)17-9-13(16)15-7-6-11(14)8-15/h10-12H,2-9,14H2,1H3/t10-,11+,12+/m1/s1. The summed E-state index contributed by atoms with van der Waals surface area (Å²) >= 11 is 0. The predicted octanol–water partition coefficient (Wildman–Crippen LogP) is 1.14. The van der Waals surface area contributed by atoms with Crippen LogP contribution in [-0.2, 0) is 9.53 Å². The molecule has 2 aliphatic rings. The number of nitrogens with two attached hydrogens (primary N) is 1. The molecule has 2 N–H and O–H groups in total. The van der Waals surface area contributed by atoms with Crippen molar-refractivity contribution in [1.29, 1.82) is 0 Å². The zero-order valence-corrected chi connectivity index (χ0v) is 10.7. The summed E-state index contributed by atoms with van der Waals surface area (Å²) in [6.07, 6.45) is 6.07. The van der Waals surface area contributed by atoms with Gasteiger partial charge in [-0.15, -0.1) is 0 Å². The van der Waals surface area contributed by atoms with Crippen molar-refractivity contribution in [1.82, 2.24) is 4.90 Å². The van der Waals surface area contributed by atoms with Gasteiger partial charge in [0.05, 0.1) is 6.10 Å². The van der Waals surface area contributed by atoms with Gasteiger partial charge in [-0.25, -0.2) is 0 Å². The number of nitrogens with zero attached hydrogens (tertiary/aromatic N) is 1. The van der Waals surface area contributed by atoms with Crippen LogP contribution in [0.5, 0.6) is 0 Å². The summed E-state index contributed by atoms with van der Waals surface area (Å²) in [5, 5.41) is 0. The first-order chi connectivity index (χ1) is 8.16. The molecule has 4 heteroatoms. The highest BCUT2D eigenvalue weighted by molar-refractivity contribution is 5.77. The lowest BCUT2D eigenvalue weighted by atomic mass is 9.88. The monoisotopic (exact) mass is 240 g/mol. The maximum absolute atomic E-state index is 11.9. The minimum Gasteiger partial charge on any atom is -0.368 e. The minimum absolute atomic E-state index is 0.107. The van der Waals surface area contributed by atoms with Crippen molar-refractivity contribution >= 4 is 5.91 Å². The highest BCUT2D eigenvalue weighted by atomic mass is 16.5. The Hall–Kier alpha value is -0.610. The van der Waals surface area contributed by atoms with Crippen LogP contribution in [0.1, 0.15) is 39.0 Å². The highest BCUT2D eigenvalue weighted by Crippen LogP contribution is 2.26. The Morgan fingerprint density at radius 3 is 2.76 bits per heavy atom. The smallest absolute Gasteiger partial charge is 0.248 e. The Balaban J connectivity index is 1.72. The normalized spacial score (nSPS) is 34.0. The van der Waals surface area contributed by atoms with Gasteiger partial charge < -0.3 is 15.4 Å². The molecule has 1 saturated heterocycles. The SMILES string of the molecule is C[C@@H]1CCCC[C@@H]1OCC(=O)N1CC[C@H](N)C1. The van der Waals surface area contributed by atoms with Crippen LogP contribution in [0, 0.1) is 5.92 Å². The van der Waals surface area contributed by atoms with E-state index in [0.29, 0.717) is 12.5 Å². The summed E-state index contributed by atoms with van der Waals surface area (Å²) in [7, 11) is 0. The molecule has 0 bridgehead atoms. The Labute approximate surface area is 103 Å². The van der Waals surface area contributed by atoms with Gasteiger partial charge in [-0.2, -0.15) is 0 Å². The third-order valence-corrected chi connectivity index (χ3v) is 4.03. The average Bonchev–Trinajstić information content (AvgIpc) is 2.74. The van der Waals surface area contributed by atoms with Gasteiger partial charge in [0.1, 0.15) is 6.61 Å². The molecule has 0 aromatic carbocycles. The topological polar surface area (TPSA) is 55.6 Å². The van der Waals surface area contributed by atoms with Gasteiger partial charge in [0.15, 0.2) is 0 Å². The molecule has 3 atom stereocenters. The van der Waals surface area contributed by atoms with Crippen LogP contribution in [0.4, 0.5) is 0 Å². The molecule has 1 aliphatic heterocycles. The Kier molecular flexibility index (Phi) is 4.40. The summed E-state index contributed by atoms with van der Waals surface area (Å²) < 4.78 is 5.77. The molecule has 2 rings (SSSR count). The van der Waals surface area contributed by atoms with E-state index in [0.717, 1.165) is 19.4 Å². The van der Waals surface area contributed by atoms with Crippen LogP contribution < -0.4 is 5.73 Å². The molecule has 1 heterocycles. The summed E-state index contributed by atoms with van der Waals surface area (Å²) in [5.74, 6) is 0.702. The fourth-order valence-corrected chi connectivity index (χ4v) is 2.81. The molecule has 0 spiro atoms. The van der Waals surface area contributed by atoms with Crippen molar-refractivity contribution in [2.75, 3.05) is 19.7 Å². The number of hydrogen-bond acceptors (Lipinski definition) is 3. The zero-order valence-electron chi connectivity index (χ0n) is 10.7. The summed E-state index contributed by atoms with van der Waals surface area (Å²) in [5.41, 5.74) is 5.79. The van der Waals surface area contributed by atoms with Gasteiger partial charge in [0, 0.05) is 19.1 Å². The van der Waals surface area contributed by atoms with Crippen LogP contribution in [0.25, 0.3) is 0 Å². The van der Waals surface area contributed by atoms with Crippen LogP contribution in [-0.4, -0.2) is 42.6 Å². The van der Waals surface area contributed by atoms with Gasteiger partial charge in [0.25, 0.3) is 0 Å². The van der Waals surface area contributed by atoms with Crippen LogP contribution >= 0.6 is 0 Å². The molecule has 1 amide bonds. The van der Waals surface area contributed by atoms with Crippen molar-refractivity contribution in [3.05, 3.63) is 0 Å². The lowest BCUT2D eigenvalue weighted by molar-refractivity contribution is -0.139. The van der Waals surface area contributed by atoms with E-state index in [4.69, 9.17) is 10.5 Å². The highest BCUT2D eigenvalue weighted by Gasteiger charge is 2.26. The Morgan fingerprint density at radius 2 is 2.12 bits per heavy atom. The Bertz CT molecular complexity index is 270. The third kappa shape index (κ3) is 3.42. The van der Waals surface area contributed by atoms with Crippen molar-refractivity contribution in [2.24, 2.45) is 11.7 Å². The van der Waals surface area contributed by atoms with Crippen molar-refractivity contribution in [3.8, 4) is 0 Å². The zero-order chi connectivity index (χ0) is 12.3. The third-order valence-electron chi connectivity index (χ3n) is 4.03. The first-order valence-corrected chi connectivity index (χ1v) is 6.82. The fraction of sp³-hybridized carbons (Fsp3) is 0.923. The second-order valence-electron chi connectivity index (χ2n) is 5.50. The number of likely N-dealkylation sites (tertiary alicyclic amines) is 1. The largest absolute Gasteiger partial charge is 0.368 e. The second kappa shape index (κ2) is 5.83. The van der Waals surface area contributed by atoms with Gasteiger partial charge in [-0.1, -0.05) is 19.8 Å². The van der Waals surface area contributed by atoms with Gasteiger partial charge in [-0.3, -0.25) is 4.79 Å². The van der Waals surface area contributed by atoms with E-state index in [1.165, 1.54) is 19.3 Å². The lowest BCUT2D eigenvalue weighted by Gasteiger charge is -2.29. The van der Waals surface area contributed by atoms with Crippen molar-refractivity contribution in [2.45, 2.75) is 51.2 Å². The number of rotatable bonds is 3. The molecule has 0 aromatic heterocycles. The van der Waals surface area contributed by atoms with Crippen molar-refractivity contribution < 1.29 is 9.53 Å². The Morgan fingerprint density at radius 1 is 1.35 bits per heavy atom. The first kappa shape index (κ1) is 12.8. The van der Waals surface area contributed by atoms with Gasteiger partial charge >= 0.3 is 0 Å². The molecule has 4 nitrogen and oxygen atoms in total. The van der Waals surface area contributed by atoms with E-state index >= 15 is 0 Å². The molecule has 1 saturated carbocycles. The van der Waals surface area contributed by atoms with E-state index in [1.54, 1.807) is 0 Å². The van der Waals surface area contributed by atoms with Crippen LogP contribution in [0.3, 0.4) is 0 Å². The summed E-state index contributed by atoms with van der Waals surface area (Å²) in [6.45, 7) is 3.95. The maximum Gasteiger partial charge on any atom is 0.248 e. The first-order valence-electron chi connectivity index (χ1n) is 6.82. The van der Waals surface area contributed by atoms with Gasteiger partial charge in [-0.05, 0) is 25.2 Å². The summed E-state index contributed by atoms with van der Waals surface area (Å²) in [4.78, 5) is 13.7. The number of carbonyl (C=O) groups excluding carboxylic acids is 1. The van der Waals surface area contributed by atoms with Crippen LogP contribution in [0.2, 0.25) is 0 Å². The number of amides is 1. The minimum atomic E-state index is 0.107. The lowest BCUT2D eigenvalue weighted by Crippen LogP contribution is -2.36. The van der Waals surface area contributed by atoms with E-state index < -0.39 is 0 Å². The quantitative estimate of drug-likeness (QED) is 0.805. The van der Waals surface area contributed by atoms with Crippen LogP contribution in [0.15, 0.2) is 0 Å². The molecular weight excluding hydrogens is 216 g/mol. The summed E-state index contributed by atoms with van der Waals surface area (Å²) in [6, 6.07) is 0.160. The molecule has 0 radical (unpaired) electrons. The fourth-order valence-electron chi connectivity index (χ4n) is 2.81. The molecule has 1 aliphatic carbocycles. The molecule has 98 valence electrons.